The van der Waals surface area contributed by atoms with E-state index in [-0.39, 0.29) is 61.9 Å². The monoisotopic (exact) mass is 386 g/mol. The largest absolute Gasteiger partial charge is 0.481 e. The smallest absolute Gasteiger partial charge is 0.248 e. The average Bonchev–Trinajstić information content (AvgIpc) is 3.18. The number of anilines is 1. The van der Waals surface area contributed by atoms with Gasteiger partial charge in [-0.3, -0.25) is 4.79 Å². The molecule has 3 rings (SSSR count). The van der Waals surface area contributed by atoms with E-state index < -0.39 is 11.7 Å². The van der Waals surface area contributed by atoms with Crippen LogP contribution in [0.4, 0.5) is 19.0 Å². The van der Waals surface area contributed by atoms with E-state index in [4.69, 9.17) is 4.74 Å². The van der Waals surface area contributed by atoms with Gasteiger partial charge in [0.15, 0.2) is 11.6 Å². The van der Waals surface area contributed by atoms with Gasteiger partial charge in [0.05, 0.1) is 13.2 Å². The summed E-state index contributed by atoms with van der Waals surface area (Å²) in [7, 11) is 1.41. The van der Waals surface area contributed by atoms with E-state index in [0.29, 0.717) is 5.56 Å². The summed E-state index contributed by atoms with van der Waals surface area (Å²) in [5.41, 5.74) is 0.419. The second-order valence-electron chi connectivity index (χ2n) is 7.13. The van der Waals surface area contributed by atoms with Crippen molar-refractivity contribution in [2.24, 2.45) is 0 Å². The van der Waals surface area contributed by atoms with Crippen molar-refractivity contribution < 1.29 is 22.7 Å². The number of ether oxygens (including phenoxy) is 1. The predicted molar refractivity (Wildman–Crippen MR) is 94.4 cm³/mol. The Morgan fingerprint density at radius 2 is 2.11 bits per heavy atom. The van der Waals surface area contributed by atoms with Crippen LogP contribution in [0.3, 0.4) is 0 Å². The number of hydrogen-bond acceptors (Lipinski definition) is 5. The molecule has 9 heteroatoms. The zero-order valence-electron chi connectivity index (χ0n) is 15.3. The molecule has 0 aromatic carbocycles. The van der Waals surface area contributed by atoms with Crippen LogP contribution in [0, 0.1) is 5.82 Å². The van der Waals surface area contributed by atoms with E-state index >= 15 is 0 Å². The standard InChI is InChI=1S/C18H25F3N4O2/c1-27-17-11(10-23-16(26)14-3-2-8-22-14)9-13(19)15(25-17)24-12-4-6-18(20,21)7-5-12/h9,12,14,22H,2-8,10H2,1H3,(H,23,26)(H,24,25)/t14-/m0/s1. The Bertz CT molecular complexity index is 671. The highest BCUT2D eigenvalue weighted by Crippen LogP contribution is 2.34. The van der Waals surface area contributed by atoms with Crippen molar-refractivity contribution in [3.8, 4) is 5.88 Å². The number of alkyl halides is 2. The summed E-state index contributed by atoms with van der Waals surface area (Å²) < 4.78 is 46.2. The van der Waals surface area contributed by atoms with Crippen LogP contribution in [-0.2, 0) is 11.3 Å². The van der Waals surface area contributed by atoms with Gasteiger partial charge in [-0.15, -0.1) is 0 Å². The fourth-order valence-corrected chi connectivity index (χ4v) is 3.51. The van der Waals surface area contributed by atoms with E-state index in [9.17, 15) is 18.0 Å². The Labute approximate surface area is 156 Å². The van der Waals surface area contributed by atoms with Crippen LogP contribution in [-0.4, -0.2) is 42.6 Å². The molecule has 1 amide bonds. The quantitative estimate of drug-likeness (QED) is 0.701. The molecule has 0 spiro atoms. The number of nitrogens with zero attached hydrogens (tertiary/aromatic N) is 1. The van der Waals surface area contributed by atoms with E-state index in [2.05, 4.69) is 20.9 Å². The van der Waals surface area contributed by atoms with Crippen LogP contribution in [0.25, 0.3) is 0 Å². The summed E-state index contributed by atoms with van der Waals surface area (Å²) >= 11 is 0. The molecule has 2 fully saturated rings. The summed E-state index contributed by atoms with van der Waals surface area (Å²) in [6.45, 7) is 0.908. The Morgan fingerprint density at radius 3 is 2.74 bits per heavy atom. The Morgan fingerprint density at radius 1 is 1.37 bits per heavy atom. The third kappa shape index (κ3) is 5.03. The molecule has 1 aliphatic heterocycles. The van der Waals surface area contributed by atoms with Gasteiger partial charge in [0.25, 0.3) is 0 Å². The number of aromatic nitrogens is 1. The molecule has 1 aromatic heterocycles. The van der Waals surface area contributed by atoms with Crippen LogP contribution >= 0.6 is 0 Å². The van der Waals surface area contributed by atoms with Crippen molar-refractivity contribution in [3.63, 3.8) is 0 Å². The third-order valence-electron chi connectivity index (χ3n) is 5.10. The lowest BCUT2D eigenvalue weighted by Gasteiger charge is -2.29. The van der Waals surface area contributed by atoms with Crippen LogP contribution in [0.5, 0.6) is 5.88 Å². The van der Waals surface area contributed by atoms with Gasteiger partial charge >= 0.3 is 0 Å². The molecular formula is C18H25F3N4O2. The summed E-state index contributed by atoms with van der Waals surface area (Å²) in [6.07, 6.45) is 1.79. The first-order valence-electron chi connectivity index (χ1n) is 9.27. The average molecular weight is 386 g/mol. The van der Waals surface area contributed by atoms with E-state index in [0.717, 1.165) is 19.4 Å². The number of carbonyl (C=O) groups is 1. The van der Waals surface area contributed by atoms with Gasteiger partial charge in [-0.1, -0.05) is 0 Å². The number of carbonyl (C=O) groups excluding carboxylic acids is 1. The van der Waals surface area contributed by atoms with Gasteiger partial charge in [0.2, 0.25) is 17.7 Å². The highest BCUT2D eigenvalue weighted by molar-refractivity contribution is 5.82. The minimum Gasteiger partial charge on any atom is -0.481 e. The minimum atomic E-state index is -2.64. The summed E-state index contributed by atoms with van der Waals surface area (Å²) in [6, 6.07) is 0.781. The summed E-state index contributed by atoms with van der Waals surface area (Å²) in [5, 5.41) is 8.76. The Hall–Kier alpha value is -2.03. The van der Waals surface area contributed by atoms with Gasteiger partial charge < -0.3 is 20.7 Å². The zero-order chi connectivity index (χ0) is 19.4. The maximum atomic E-state index is 14.4. The molecule has 0 radical (unpaired) electrons. The number of rotatable bonds is 6. The lowest BCUT2D eigenvalue weighted by atomic mass is 9.92. The van der Waals surface area contributed by atoms with Crippen LogP contribution in [0.2, 0.25) is 0 Å². The normalized spacial score (nSPS) is 22.4. The zero-order valence-corrected chi connectivity index (χ0v) is 15.3. The first kappa shape index (κ1) is 19.7. The minimum absolute atomic E-state index is 0.0189. The van der Waals surface area contributed by atoms with E-state index in [1.54, 1.807) is 0 Å². The molecule has 1 saturated carbocycles. The van der Waals surface area contributed by atoms with Crippen LogP contribution in [0.1, 0.15) is 44.1 Å². The van der Waals surface area contributed by atoms with Gasteiger partial charge in [0, 0.05) is 31.0 Å². The van der Waals surface area contributed by atoms with Gasteiger partial charge in [-0.25, -0.2) is 13.2 Å². The summed E-state index contributed by atoms with van der Waals surface area (Å²) in [4.78, 5) is 16.2. The first-order chi connectivity index (χ1) is 12.9. The molecule has 0 bridgehead atoms. The van der Waals surface area contributed by atoms with Crippen LogP contribution < -0.4 is 20.7 Å². The Kier molecular flexibility index (Phi) is 6.08. The second kappa shape index (κ2) is 8.33. The molecular weight excluding hydrogens is 361 g/mol. The van der Waals surface area contributed by atoms with Crippen molar-refractivity contribution in [2.75, 3.05) is 19.0 Å². The van der Waals surface area contributed by atoms with Crippen molar-refractivity contribution >= 4 is 11.7 Å². The molecule has 2 heterocycles. The number of amides is 1. The fraction of sp³-hybridized carbons (Fsp3) is 0.667. The number of hydrogen-bond donors (Lipinski definition) is 3. The first-order valence-corrected chi connectivity index (χ1v) is 9.27. The number of pyridine rings is 1. The number of halogens is 3. The molecule has 150 valence electrons. The predicted octanol–water partition coefficient (Wildman–Crippen LogP) is 2.59. The second-order valence-corrected chi connectivity index (χ2v) is 7.13. The van der Waals surface area contributed by atoms with Gasteiger partial charge in [0.1, 0.15) is 0 Å². The molecule has 2 aliphatic rings. The Balaban J connectivity index is 1.63. The van der Waals surface area contributed by atoms with Gasteiger partial charge in [-0.2, -0.15) is 4.98 Å². The lowest BCUT2D eigenvalue weighted by molar-refractivity contribution is -0.122. The van der Waals surface area contributed by atoms with E-state index in [1.165, 1.54) is 13.2 Å². The molecule has 1 aromatic rings. The van der Waals surface area contributed by atoms with Crippen molar-refractivity contribution in [1.29, 1.82) is 0 Å². The highest BCUT2D eigenvalue weighted by atomic mass is 19.3. The molecule has 6 nitrogen and oxygen atoms in total. The maximum Gasteiger partial charge on any atom is 0.248 e. The van der Waals surface area contributed by atoms with Crippen molar-refractivity contribution in [1.82, 2.24) is 15.6 Å². The molecule has 1 aliphatic carbocycles. The number of nitrogens with one attached hydrogen (secondary N) is 3. The van der Waals surface area contributed by atoms with Gasteiger partial charge in [-0.05, 0) is 38.3 Å². The lowest BCUT2D eigenvalue weighted by Crippen LogP contribution is -2.40. The summed E-state index contributed by atoms with van der Waals surface area (Å²) in [5.74, 6) is -3.20. The maximum absolute atomic E-state index is 14.4. The molecule has 1 saturated heterocycles. The topological polar surface area (TPSA) is 75.3 Å². The fourth-order valence-electron chi connectivity index (χ4n) is 3.51. The molecule has 27 heavy (non-hydrogen) atoms. The van der Waals surface area contributed by atoms with Crippen molar-refractivity contribution in [2.45, 2.75) is 63.1 Å². The van der Waals surface area contributed by atoms with E-state index in [1.807, 2.05) is 0 Å². The highest BCUT2D eigenvalue weighted by Gasteiger charge is 2.35. The molecule has 1 atom stereocenters. The SMILES string of the molecule is COc1nc(NC2CCC(F)(F)CC2)c(F)cc1CNC(=O)[C@@H]1CCCN1. The molecule has 3 N–H and O–H groups in total. The number of methoxy groups -OCH3 is 1. The third-order valence-corrected chi connectivity index (χ3v) is 5.10. The molecule has 0 unspecified atom stereocenters. The van der Waals surface area contributed by atoms with Crippen molar-refractivity contribution in [3.05, 3.63) is 17.4 Å². The van der Waals surface area contributed by atoms with Crippen LogP contribution in [0.15, 0.2) is 6.07 Å².